The van der Waals surface area contributed by atoms with Crippen LogP contribution in [0.15, 0.2) is 33.9 Å². The van der Waals surface area contributed by atoms with E-state index in [4.69, 9.17) is 11.6 Å². The van der Waals surface area contributed by atoms with E-state index in [1.165, 1.54) is 69.6 Å². The lowest BCUT2D eigenvalue weighted by molar-refractivity contribution is -0.140. The Morgan fingerprint density at radius 3 is 1.22 bits per heavy atom. The van der Waals surface area contributed by atoms with Crippen molar-refractivity contribution in [2.24, 2.45) is 23.7 Å². The number of carbonyl (C=O) groups is 11. The largest absolute Gasteiger partial charge is 0.359 e. The van der Waals surface area contributed by atoms with Crippen LogP contribution in [0.5, 0.6) is 0 Å². The van der Waals surface area contributed by atoms with Crippen LogP contribution in [0.2, 0.25) is 5.28 Å². The first-order chi connectivity index (χ1) is 50.9. The maximum atomic E-state index is 12.1. The number of carbonyl (C=O) groups excluding carboxylic acids is 11. The molecule has 4 unspecified atom stereocenters. The summed E-state index contributed by atoms with van der Waals surface area (Å²) in [6.07, 6.45) is 20.2. The predicted molar refractivity (Wildman–Crippen MR) is 430 cm³/mol. The van der Waals surface area contributed by atoms with Gasteiger partial charge in [-0.25, -0.2) is 0 Å². The summed E-state index contributed by atoms with van der Waals surface area (Å²) in [7, 11) is 15.1. The number of ketones is 2. The van der Waals surface area contributed by atoms with Gasteiger partial charge in [0.05, 0.1) is 15.7 Å². The Labute approximate surface area is 651 Å². The van der Waals surface area contributed by atoms with Gasteiger partial charge in [-0.3, -0.25) is 72.2 Å². The van der Waals surface area contributed by atoms with E-state index in [1.54, 1.807) is 62.5 Å². The zero-order chi connectivity index (χ0) is 80.6. The van der Waals surface area contributed by atoms with Crippen molar-refractivity contribution < 1.29 is 52.7 Å². The van der Waals surface area contributed by atoms with Crippen molar-refractivity contribution in [3.05, 3.63) is 72.2 Å². The molecule has 5 aliphatic rings. The molecule has 5 fully saturated rings. The molecule has 3 aliphatic heterocycles. The lowest BCUT2D eigenvalue weighted by Crippen LogP contribution is -2.39. The molecule has 0 spiro atoms. The molecule has 2 aliphatic carbocycles. The SMILES string of the molecule is CCC(=O)c1ccc(C(C)SC)cc1.CCc1c(CC)c(=O)c1=O.CNC(=O)C1CCC(CCC(C)=O)CC1.CNC(=O)C1CCC(CN2C(=O)CC(SC)C2=O)CC1.CNC(=O)CCN1C(=O)CC(SC)C1=O.CNc1nc(Cl)nc(NC)n1.CNc1nc(NC)nc(NC)n1.CSC1CC(=O)N(C)C1=O. The van der Waals surface area contributed by atoms with E-state index in [0.717, 1.165) is 74.5 Å². The number of nitrogens with zero attached hydrogens (tertiary/aromatic N) is 9. The van der Waals surface area contributed by atoms with Gasteiger partial charge in [0.2, 0.25) is 99.0 Å². The van der Waals surface area contributed by atoms with Gasteiger partial charge in [-0.1, -0.05) is 45.0 Å². The quantitative estimate of drug-likeness (QED) is 0.0193. The van der Waals surface area contributed by atoms with Crippen LogP contribution >= 0.6 is 58.6 Å². The van der Waals surface area contributed by atoms with Gasteiger partial charge < -0.3 is 47.3 Å². The van der Waals surface area contributed by atoms with Crippen LogP contribution in [0.4, 0.5) is 29.7 Å². The maximum absolute atomic E-state index is 12.1. The summed E-state index contributed by atoms with van der Waals surface area (Å²) >= 11 is 11.6. The summed E-state index contributed by atoms with van der Waals surface area (Å²) < 4.78 is 0. The second kappa shape index (κ2) is 50.7. The number of halogens is 1. The Morgan fingerprint density at radius 2 is 0.897 bits per heavy atom. The molecule has 0 bridgehead atoms. The van der Waals surface area contributed by atoms with Gasteiger partial charge in [0.25, 0.3) is 0 Å². The molecule has 30 nitrogen and oxygen atoms in total. The van der Waals surface area contributed by atoms with Crippen LogP contribution in [0, 0.1) is 23.7 Å². The molecule has 107 heavy (non-hydrogen) atoms. The number of imide groups is 3. The highest BCUT2D eigenvalue weighted by molar-refractivity contribution is 8.00. The van der Waals surface area contributed by atoms with E-state index in [-0.39, 0.29) is 128 Å². The van der Waals surface area contributed by atoms with E-state index in [1.807, 2.05) is 69.3 Å². The molecule has 9 amide bonds. The van der Waals surface area contributed by atoms with Crippen LogP contribution < -0.4 is 53.4 Å². The zero-order valence-corrected chi connectivity index (χ0v) is 69.2. The fraction of sp³-hybridized carbons (Fsp3) is 0.625. The van der Waals surface area contributed by atoms with Crippen LogP contribution in [0.1, 0.15) is 163 Å². The fourth-order valence-electron chi connectivity index (χ4n) is 11.5. The molecule has 4 atom stereocenters. The molecular formula is C72H112ClN17O13S4. The highest BCUT2D eigenvalue weighted by atomic mass is 35.5. The van der Waals surface area contributed by atoms with Crippen molar-refractivity contribution in [2.75, 3.05) is 128 Å². The Balaban J connectivity index is 0.000000419. The van der Waals surface area contributed by atoms with Crippen molar-refractivity contribution >= 4 is 153 Å². The number of likely N-dealkylation sites (tertiary alicyclic amines) is 3. The first kappa shape index (κ1) is 95.3. The Kier molecular flexibility index (Phi) is 45.2. The molecule has 594 valence electrons. The number of thioether (sulfide) groups is 4. The second-order valence-corrected chi connectivity index (χ2v) is 29.7. The summed E-state index contributed by atoms with van der Waals surface area (Å²) in [6, 6.07) is 7.94. The number of anilines is 5. The van der Waals surface area contributed by atoms with Gasteiger partial charge in [-0.15, -0.1) is 0 Å². The summed E-state index contributed by atoms with van der Waals surface area (Å²) in [5.41, 5.74) is 3.06. The number of aromatic nitrogens is 6. The van der Waals surface area contributed by atoms with Crippen molar-refractivity contribution in [3.63, 3.8) is 0 Å². The van der Waals surface area contributed by atoms with Gasteiger partial charge in [-0.05, 0) is 138 Å². The van der Waals surface area contributed by atoms with E-state index >= 15 is 0 Å². The van der Waals surface area contributed by atoms with Gasteiger partial charge in [0.1, 0.15) is 5.78 Å². The number of hydrogen-bond acceptors (Lipinski definition) is 28. The van der Waals surface area contributed by atoms with Crippen LogP contribution in [-0.4, -0.2) is 227 Å². The predicted octanol–water partition coefficient (Wildman–Crippen LogP) is 7.37. The number of rotatable bonds is 24. The third kappa shape index (κ3) is 31.4. The Morgan fingerprint density at radius 1 is 0.514 bits per heavy atom. The minimum Gasteiger partial charge on any atom is -0.359 e. The zero-order valence-electron chi connectivity index (χ0n) is 65.2. The average Bonchev–Trinajstić information content (AvgIpc) is 1.69. The Bertz CT molecular complexity index is 3520. The fourth-order valence-corrected chi connectivity index (χ4v) is 14.1. The standard InChI is InChI=1S/C14H22N2O3S.C12H21NO2.C12H16OS.C9H14N2O3S.C8H10O2.C6H12N6.C6H9NO2S.C5H8ClN5/c1-15-13(18)10-5-3-9(4-6-10)8-16-12(17)7-11(20-2)14(16)19;1-9(14)3-4-10-5-7-11(8-6-10)12(15)13-2;1-4-12(13)11-7-5-10(6-8-11)9(2)14-3;1-10-7(12)3-4-11-8(13)5-6(15-2)9(11)14;1-3-5-6(4-2)8(10)7(5)9;1-7-4-10-5(8-2)12-6(9-3)11-4;1-7-5(8)3-4(10-2)6(7)9;1-7-4-9-3(6)10-5(8-2)11-4/h9-11H,3-8H2,1-2H3,(H,15,18);10-11H,3-8H2,1-2H3,(H,13,15);5-9H,4H2,1-3H3;6H,3-5H2,1-2H3,(H,10,12);3-4H2,1-2H3;1-3H3,(H3,7,8,9,10,11,12);4H,3H2,1-2H3;1-2H3,(H2,7,8,9,10,11). The second-order valence-electron chi connectivity index (χ2n) is 25.0. The van der Waals surface area contributed by atoms with Gasteiger partial charge >= 0.3 is 0 Å². The van der Waals surface area contributed by atoms with Crippen LogP contribution in [0.3, 0.4) is 0 Å². The van der Waals surface area contributed by atoms with E-state index in [0.29, 0.717) is 91.9 Å². The summed E-state index contributed by atoms with van der Waals surface area (Å²) in [6.45, 7) is 10.2. The molecule has 3 saturated heterocycles. The number of hydrogen-bond donors (Lipinski definition) is 8. The average molecular weight is 1590 g/mol. The number of benzene rings is 1. The van der Waals surface area contributed by atoms with Crippen LogP contribution in [-0.2, 0) is 60.8 Å². The smallest absolute Gasteiger partial charge is 0.242 e. The first-order valence-electron chi connectivity index (χ1n) is 35.7. The van der Waals surface area contributed by atoms with E-state index in [2.05, 4.69) is 85.6 Å². The molecule has 0 radical (unpaired) electrons. The molecule has 35 heteroatoms. The normalized spacial score (nSPS) is 19.4. The Hall–Kier alpha value is -7.82. The lowest BCUT2D eigenvalue weighted by atomic mass is 9.79. The summed E-state index contributed by atoms with van der Waals surface area (Å²) in [4.78, 5) is 174. The van der Waals surface area contributed by atoms with Crippen molar-refractivity contribution in [1.82, 2.24) is 60.6 Å². The van der Waals surface area contributed by atoms with E-state index < -0.39 is 0 Å². The topological polar surface area (TPSA) is 405 Å². The molecular weight excluding hydrogens is 1470 g/mol. The third-order valence-electron chi connectivity index (χ3n) is 18.3. The lowest BCUT2D eigenvalue weighted by Gasteiger charge is -2.29. The third-order valence-corrected chi connectivity index (χ3v) is 22.2. The molecule has 2 aromatic heterocycles. The number of amides is 9. The van der Waals surface area contributed by atoms with E-state index in [9.17, 15) is 62.3 Å². The van der Waals surface area contributed by atoms with Gasteiger partial charge in [-0.2, -0.15) is 77.0 Å². The molecule has 2 saturated carbocycles. The van der Waals surface area contributed by atoms with Crippen LogP contribution in [0.25, 0.3) is 0 Å². The van der Waals surface area contributed by atoms with Crippen molar-refractivity contribution in [1.29, 1.82) is 0 Å². The molecule has 2 aromatic carbocycles. The minimum atomic E-state index is -0.264. The number of nitrogens with one attached hydrogen (secondary N) is 8. The molecule has 5 heterocycles. The van der Waals surface area contributed by atoms with Gasteiger partial charge in [0, 0.05) is 149 Å². The van der Waals surface area contributed by atoms with Crippen molar-refractivity contribution in [3.8, 4) is 0 Å². The maximum Gasteiger partial charge on any atom is 0.242 e. The monoisotopic (exact) mass is 1590 g/mol. The highest BCUT2D eigenvalue weighted by Gasteiger charge is 2.41. The summed E-state index contributed by atoms with van der Waals surface area (Å²) in [5, 5.41) is 22.0. The van der Waals surface area contributed by atoms with Crippen molar-refractivity contribution in [2.45, 2.75) is 165 Å². The number of Topliss-reactive ketones (excluding diaryl/α,β-unsaturated/α-hetero) is 2. The highest BCUT2D eigenvalue weighted by Crippen LogP contribution is 2.34. The first-order valence-corrected chi connectivity index (χ1v) is 41.2. The summed E-state index contributed by atoms with van der Waals surface area (Å²) in [5.74, 6) is 3.93. The molecule has 8 N–H and O–H groups in total. The molecule has 9 rings (SSSR count). The minimum absolute atomic E-state index is 0.0316. The van der Waals surface area contributed by atoms with Gasteiger partial charge in [0.15, 0.2) is 5.78 Å². The molecule has 4 aromatic rings.